The Bertz CT molecular complexity index is 374. The Labute approximate surface area is 119 Å². The van der Waals surface area contributed by atoms with Gasteiger partial charge in [-0.05, 0) is 37.8 Å². The van der Waals surface area contributed by atoms with Crippen molar-refractivity contribution in [2.24, 2.45) is 0 Å². The maximum Gasteiger partial charge on any atom is 0.0302 e. The Kier molecular flexibility index (Phi) is 5.13. The number of rotatable bonds is 5. The van der Waals surface area contributed by atoms with E-state index in [1.165, 1.54) is 35.8 Å². The second-order valence-electron chi connectivity index (χ2n) is 5.59. The lowest BCUT2D eigenvalue weighted by molar-refractivity contribution is 0.260. The summed E-state index contributed by atoms with van der Waals surface area (Å²) in [5.74, 6) is 1.27. The van der Waals surface area contributed by atoms with Crippen LogP contribution in [0.1, 0.15) is 24.3 Å². The molecule has 0 bridgehead atoms. The highest BCUT2D eigenvalue weighted by Gasteiger charge is 2.26. The number of thiophene rings is 1. The van der Waals surface area contributed by atoms with Crippen LogP contribution in [-0.4, -0.2) is 41.6 Å². The number of hydrogen-bond donors (Lipinski definition) is 1. The largest absolute Gasteiger partial charge is 0.311 e. The van der Waals surface area contributed by atoms with E-state index in [9.17, 15) is 0 Å². The van der Waals surface area contributed by atoms with Crippen molar-refractivity contribution in [2.45, 2.75) is 32.1 Å². The molecule has 2 heterocycles. The van der Waals surface area contributed by atoms with Crippen molar-refractivity contribution >= 4 is 23.1 Å². The summed E-state index contributed by atoms with van der Waals surface area (Å²) in [5, 5.41) is 5.74. The van der Waals surface area contributed by atoms with E-state index in [1.54, 1.807) is 0 Å². The van der Waals surface area contributed by atoms with Gasteiger partial charge in [0.15, 0.2) is 0 Å². The summed E-state index contributed by atoms with van der Waals surface area (Å²) in [5.41, 5.74) is 1.42. The quantitative estimate of drug-likeness (QED) is 0.837. The molecule has 1 aliphatic rings. The van der Waals surface area contributed by atoms with Crippen LogP contribution in [0.4, 0.5) is 0 Å². The second-order valence-corrected chi connectivity index (χ2v) is 8.39. The minimum Gasteiger partial charge on any atom is -0.311 e. The number of thioether (sulfide) groups is 1. The van der Waals surface area contributed by atoms with Crippen LogP contribution in [0.25, 0.3) is 0 Å². The highest BCUT2D eigenvalue weighted by molar-refractivity contribution is 8.00. The molecule has 1 aromatic rings. The summed E-state index contributed by atoms with van der Waals surface area (Å²) < 4.78 is 0.433. The van der Waals surface area contributed by atoms with Crippen LogP contribution in [0.5, 0.6) is 0 Å². The Morgan fingerprint density at radius 2 is 2.28 bits per heavy atom. The molecule has 1 fully saturated rings. The minimum atomic E-state index is 0.433. The maximum atomic E-state index is 3.57. The van der Waals surface area contributed by atoms with E-state index in [1.807, 2.05) is 11.3 Å². The molecule has 1 aromatic heterocycles. The molecule has 1 aliphatic heterocycles. The molecule has 102 valence electrons. The SMILES string of the molecule is Cc1ccsc1CNCCN1CCSC(C)(C)C1. The third-order valence-electron chi connectivity index (χ3n) is 3.36. The van der Waals surface area contributed by atoms with Gasteiger partial charge in [0, 0.05) is 48.1 Å². The van der Waals surface area contributed by atoms with E-state index in [0.717, 1.165) is 13.1 Å². The Balaban J connectivity index is 1.65. The number of nitrogens with zero attached hydrogens (tertiary/aromatic N) is 1. The molecule has 4 heteroatoms. The number of nitrogens with one attached hydrogen (secondary N) is 1. The Hall–Kier alpha value is -0.0300. The standard InChI is InChI=1S/C14H24N2S2/c1-12-4-8-17-13(12)10-15-5-6-16-7-9-18-14(2,3)11-16/h4,8,15H,5-7,9-11H2,1-3H3. The van der Waals surface area contributed by atoms with Crippen molar-refractivity contribution in [3.8, 4) is 0 Å². The molecule has 0 amide bonds. The van der Waals surface area contributed by atoms with Crippen molar-refractivity contribution in [1.82, 2.24) is 10.2 Å². The first-order chi connectivity index (χ1) is 8.57. The predicted octanol–water partition coefficient (Wildman–Crippen LogP) is 2.97. The second kappa shape index (κ2) is 6.42. The van der Waals surface area contributed by atoms with E-state index < -0.39 is 0 Å². The molecular formula is C14H24N2S2. The Morgan fingerprint density at radius 3 is 2.94 bits per heavy atom. The van der Waals surface area contributed by atoms with E-state index in [4.69, 9.17) is 0 Å². The van der Waals surface area contributed by atoms with Gasteiger partial charge in [0.25, 0.3) is 0 Å². The third kappa shape index (κ3) is 4.26. The summed E-state index contributed by atoms with van der Waals surface area (Å²) >= 11 is 3.96. The van der Waals surface area contributed by atoms with Crippen molar-refractivity contribution in [1.29, 1.82) is 0 Å². The van der Waals surface area contributed by atoms with Gasteiger partial charge in [-0.15, -0.1) is 11.3 Å². The normalized spacial score (nSPS) is 20.2. The highest BCUT2D eigenvalue weighted by atomic mass is 32.2. The summed E-state index contributed by atoms with van der Waals surface area (Å²) in [6, 6.07) is 2.20. The van der Waals surface area contributed by atoms with Gasteiger partial charge >= 0.3 is 0 Å². The summed E-state index contributed by atoms with van der Waals surface area (Å²) in [4.78, 5) is 4.06. The van der Waals surface area contributed by atoms with Crippen molar-refractivity contribution < 1.29 is 0 Å². The van der Waals surface area contributed by atoms with E-state index in [-0.39, 0.29) is 0 Å². The fraction of sp³-hybridized carbons (Fsp3) is 0.714. The number of hydrogen-bond acceptors (Lipinski definition) is 4. The van der Waals surface area contributed by atoms with Gasteiger partial charge in [0.2, 0.25) is 0 Å². The molecule has 0 aromatic carbocycles. The van der Waals surface area contributed by atoms with Gasteiger partial charge in [-0.1, -0.05) is 0 Å². The predicted molar refractivity (Wildman–Crippen MR) is 83.7 cm³/mol. The van der Waals surface area contributed by atoms with Crippen LogP contribution in [0.15, 0.2) is 11.4 Å². The third-order valence-corrected chi connectivity index (χ3v) is 5.68. The molecule has 18 heavy (non-hydrogen) atoms. The average Bonchev–Trinajstić information content (AvgIpc) is 2.69. The van der Waals surface area contributed by atoms with Crippen LogP contribution >= 0.6 is 23.1 Å². The van der Waals surface area contributed by atoms with Gasteiger partial charge in [-0.25, -0.2) is 0 Å². The first kappa shape index (κ1) is 14.4. The van der Waals surface area contributed by atoms with Gasteiger partial charge in [0.05, 0.1) is 0 Å². The molecule has 1 saturated heterocycles. The average molecular weight is 284 g/mol. The molecular weight excluding hydrogens is 260 g/mol. The van der Waals surface area contributed by atoms with Crippen molar-refractivity contribution in [3.63, 3.8) is 0 Å². The molecule has 2 rings (SSSR count). The van der Waals surface area contributed by atoms with E-state index in [0.29, 0.717) is 4.75 Å². The fourth-order valence-electron chi connectivity index (χ4n) is 2.33. The fourth-order valence-corrected chi connectivity index (χ4v) is 4.38. The zero-order chi connectivity index (χ0) is 13.0. The molecule has 2 nitrogen and oxygen atoms in total. The molecule has 0 unspecified atom stereocenters. The van der Waals surface area contributed by atoms with Gasteiger partial charge in [-0.3, -0.25) is 4.90 Å². The molecule has 0 aliphatic carbocycles. The van der Waals surface area contributed by atoms with Gasteiger partial charge < -0.3 is 5.32 Å². The van der Waals surface area contributed by atoms with Crippen LogP contribution < -0.4 is 5.32 Å². The minimum absolute atomic E-state index is 0.433. The van der Waals surface area contributed by atoms with Crippen LogP contribution in [0.2, 0.25) is 0 Å². The smallest absolute Gasteiger partial charge is 0.0302 e. The molecule has 0 saturated carbocycles. The zero-order valence-electron chi connectivity index (χ0n) is 11.7. The molecule has 0 radical (unpaired) electrons. The summed E-state index contributed by atoms with van der Waals surface area (Å²) in [6.45, 7) is 12.7. The molecule has 1 N–H and O–H groups in total. The number of aryl methyl sites for hydroxylation is 1. The summed E-state index contributed by atoms with van der Waals surface area (Å²) in [7, 11) is 0. The monoisotopic (exact) mass is 284 g/mol. The molecule has 0 atom stereocenters. The lowest BCUT2D eigenvalue weighted by atomic mass is 10.2. The van der Waals surface area contributed by atoms with Crippen molar-refractivity contribution in [3.05, 3.63) is 21.9 Å². The highest BCUT2D eigenvalue weighted by Crippen LogP contribution is 2.29. The maximum absolute atomic E-state index is 3.57. The van der Waals surface area contributed by atoms with Crippen LogP contribution in [-0.2, 0) is 6.54 Å². The van der Waals surface area contributed by atoms with Crippen molar-refractivity contribution in [2.75, 3.05) is 31.9 Å². The lowest BCUT2D eigenvalue weighted by Crippen LogP contribution is -2.45. The van der Waals surface area contributed by atoms with Crippen LogP contribution in [0, 0.1) is 6.92 Å². The summed E-state index contributed by atoms with van der Waals surface area (Å²) in [6.07, 6.45) is 0. The van der Waals surface area contributed by atoms with Gasteiger partial charge in [-0.2, -0.15) is 11.8 Å². The first-order valence-corrected chi connectivity index (χ1v) is 8.53. The molecule has 0 spiro atoms. The lowest BCUT2D eigenvalue weighted by Gasteiger charge is -2.37. The zero-order valence-corrected chi connectivity index (χ0v) is 13.3. The topological polar surface area (TPSA) is 15.3 Å². The van der Waals surface area contributed by atoms with E-state index >= 15 is 0 Å². The van der Waals surface area contributed by atoms with Crippen LogP contribution in [0.3, 0.4) is 0 Å². The Morgan fingerprint density at radius 1 is 1.44 bits per heavy atom. The van der Waals surface area contributed by atoms with E-state index in [2.05, 4.69) is 54.2 Å². The van der Waals surface area contributed by atoms with Gasteiger partial charge in [0.1, 0.15) is 0 Å². The first-order valence-electron chi connectivity index (χ1n) is 6.67.